The molecule has 0 amide bonds. The van der Waals surface area contributed by atoms with Crippen molar-refractivity contribution in [3.05, 3.63) is 120 Å². The van der Waals surface area contributed by atoms with Crippen LogP contribution in [0.1, 0.15) is 30.5 Å². The minimum absolute atomic E-state index is 0.918. The largest absolute Gasteiger partial charge is 0.372 e. The maximum absolute atomic E-state index is 4.65. The van der Waals surface area contributed by atoms with E-state index in [9.17, 15) is 0 Å². The number of benzene rings is 6. The summed E-state index contributed by atoms with van der Waals surface area (Å²) >= 11 is 0. The lowest BCUT2D eigenvalue weighted by atomic mass is 9.92. The molecule has 6 aromatic carbocycles. The molecule has 0 saturated carbocycles. The van der Waals surface area contributed by atoms with E-state index in [4.69, 9.17) is 0 Å². The summed E-state index contributed by atoms with van der Waals surface area (Å²) in [6.07, 6.45) is 1.91. The molecule has 0 radical (unpaired) electrons. The molecule has 2 nitrogen and oxygen atoms in total. The Bertz CT molecular complexity index is 1760. The van der Waals surface area contributed by atoms with E-state index in [-0.39, 0.29) is 0 Å². The van der Waals surface area contributed by atoms with Crippen molar-refractivity contribution in [3.63, 3.8) is 0 Å². The first-order chi connectivity index (χ1) is 18.2. The Kier molecular flexibility index (Phi) is 6.05. The van der Waals surface area contributed by atoms with Gasteiger partial charge in [-0.25, -0.2) is 0 Å². The van der Waals surface area contributed by atoms with Crippen LogP contribution in [-0.4, -0.2) is 19.3 Å². The molecular weight excluding hydrogens is 448 g/mol. The van der Waals surface area contributed by atoms with Crippen LogP contribution >= 0.6 is 0 Å². The molecule has 0 N–H and O–H groups in total. The predicted molar refractivity (Wildman–Crippen MR) is 160 cm³/mol. The van der Waals surface area contributed by atoms with Gasteiger partial charge in [0.05, 0.1) is 5.69 Å². The van der Waals surface area contributed by atoms with E-state index in [1.165, 1.54) is 38.0 Å². The highest BCUT2D eigenvalue weighted by Crippen LogP contribution is 2.35. The molecule has 6 aromatic rings. The summed E-state index contributed by atoms with van der Waals surface area (Å²) in [5.41, 5.74) is 5.29. The zero-order valence-electron chi connectivity index (χ0n) is 21.2. The summed E-state index contributed by atoms with van der Waals surface area (Å²) in [7, 11) is 0. The highest BCUT2D eigenvalue weighted by molar-refractivity contribution is 6.23. The molecule has 0 atom stereocenters. The number of nitrogens with zero attached hydrogens (tertiary/aromatic N) is 2. The molecule has 0 aliphatic heterocycles. The van der Waals surface area contributed by atoms with Crippen LogP contribution < -0.4 is 4.90 Å². The lowest BCUT2D eigenvalue weighted by Crippen LogP contribution is -2.21. The molecule has 0 aliphatic carbocycles. The Hall–Kier alpha value is -4.61. The molecule has 2 heteroatoms. The van der Waals surface area contributed by atoms with Crippen molar-refractivity contribution < 1.29 is 0 Å². The van der Waals surface area contributed by atoms with Crippen molar-refractivity contribution in [2.45, 2.75) is 13.8 Å². The van der Waals surface area contributed by atoms with Gasteiger partial charge in [-0.3, -0.25) is 4.99 Å². The summed E-state index contributed by atoms with van der Waals surface area (Å²) < 4.78 is 0. The maximum atomic E-state index is 4.65. The quantitative estimate of drug-likeness (QED) is 0.138. The van der Waals surface area contributed by atoms with Crippen LogP contribution in [0.5, 0.6) is 0 Å². The fourth-order valence-electron chi connectivity index (χ4n) is 5.12. The first kappa shape index (κ1) is 22.8. The Morgan fingerprint density at radius 3 is 2.00 bits per heavy atom. The van der Waals surface area contributed by atoms with Crippen molar-refractivity contribution in [1.29, 1.82) is 0 Å². The first-order valence-electron chi connectivity index (χ1n) is 12.9. The smallest absolute Gasteiger partial charge is 0.0630 e. The summed E-state index contributed by atoms with van der Waals surface area (Å²) in [6, 6.07) is 36.3. The van der Waals surface area contributed by atoms with E-state index in [0.717, 1.165) is 35.5 Å². The second kappa shape index (κ2) is 9.80. The van der Waals surface area contributed by atoms with Gasteiger partial charge < -0.3 is 4.90 Å². The first-order valence-corrected chi connectivity index (χ1v) is 12.9. The van der Waals surface area contributed by atoms with E-state index < -0.39 is 0 Å². The third-order valence-corrected chi connectivity index (χ3v) is 7.12. The van der Waals surface area contributed by atoms with Gasteiger partial charge in [-0.05, 0) is 94.2 Å². The fraction of sp³-hybridized carbons (Fsp3) is 0.114. The van der Waals surface area contributed by atoms with Gasteiger partial charge >= 0.3 is 0 Å². The summed E-state index contributed by atoms with van der Waals surface area (Å²) in [6.45, 7) is 6.38. The molecule has 178 valence electrons. The summed E-state index contributed by atoms with van der Waals surface area (Å²) in [5, 5.41) is 7.65. The molecule has 0 spiro atoms. The predicted octanol–water partition coefficient (Wildman–Crippen LogP) is 8.58. The van der Waals surface area contributed by atoms with Crippen molar-refractivity contribution >= 4 is 49.9 Å². The van der Waals surface area contributed by atoms with Crippen molar-refractivity contribution in [1.82, 2.24) is 0 Å². The second-order valence-corrected chi connectivity index (χ2v) is 9.29. The van der Waals surface area contributed by atoms with Gasteiger partial charge in [0.25, 0.3) is 0 Å². The fourth-order valence-corrected chi connectivity index (χ4v) is 5.12. The Balaban J connectivity index is 1.24. The number of hydrogen-bond donors (Lipinski definition) is 0. The number of aliphatic imine (C=N–C) groups is 1. The van der Waals surface area contributed by atoms with Crippen LogP contribution in [0, 0.1) is 11.8 Å². The van der Waals surface area contributed by atoms with Crippen LogP contribution in [0.25, 0.3) is 32.3 Å². The number of hydrogen-bond acceptors (Lipinski definition) is 2. The molecule has 0 unspecified atom stereocenters. The highest BCUT2D eigenvalue weighted by atomic mass is 15.1. The Labute approximate surface area is 218 Å². The van der Waals surface area contributed by atoms with Gasteiger partial charge in [0.15, 0.2) is 0 Å². The topological polar surface area (TPSA) is 15.6 Å². The summed E-state index contributed by atoms with van der Waals surface area (Å²) in [4.78, 5) is 6.99. The van der Waals surface area contributed by atoms with Crippen LogP contribution in [0.4, 0.5) is 11.4 Å². The average Bonchev–Trinajstić information content (AvgIpc) is 2.96. The van der Waals surface area contributed by atoms with Gasteiger partial charge in [-0.2, -0.15) is 0 Å². The third kappa shape index (κ3) is 4.41. The SMILES string of the molecule is CCN(CC)c1ccc(C=Nc2ccc(C#Cc3ccc4ccc5cccc6ccc3c4c56)cc2)cc1. The van der Waals surface area contributed by atoms with Gasteiger partial charge in [0.2, 0.25) is 0 Å². The molecule has 0 aliphatic rings. The zero-order chi connectivity index (χ0) is 25.2. The monoisotopic (exact) mass is 476 g/mol. The highest BCUT2D eigenvalue weighted by Gasteiger charge is 2.09. The average molecular weight is 477 g/mol. The molecular formula is C35H28N2. The van der Waals surface area contributed by atoms with E-state index in [1.54, 1.807) is 0 Å². The van der Waals surface area contributed by atoms with Crippen LogP contribution in [0.2, 0.25) is 0 Å². The molecule has 0 fully saturated rings. The minimum Gasteiger partial charge on any atom is -0.372 e. The molecule has 6 rings (SSSR count). The zero-order valence-corrected chi connectivity index (χ0v) is 21.2. The lowest BCUT2D eigenvalue weighted by molar-refractivity contribution is 0.866. The van der Waals surface area contributed by atoms with E-state index in [0.29, 0.717) is 0 Å². The van der Waals surface area contributed by atoms with Crippen molar-refractivity contribution in [2.24, 2.45) is 4.99 Å². The van der Waals surface area contributed by atoms with Gasteiger partial charge in [-0.1, -0.05) is 72.5 Å². The van der Waals surface area contributed by atoms with Crippen molar-refractivity contribution in [2.75, 3.05) is 18.0 Å². The normalized spacial score (nSPS) is 11.4. The van der Waals surface area contributed by atoms with Gasteiger partial charge in [-0.15, -0.1) is 0 Å². The Morgan fingerprint density at radius 2 is 1.30 bits per heavy atom. The van der Waals surface area contributed by atoms with Crippen LogP contribution in [0.3, 0.4) is 0 Å². The molecule has 0 bridgehead atoms. The number of rotatable bonds is 5. The van der Waals surface area contributed by atoms with E-state index >= 15 is 0 Å². The van der Waals surface area contributed by atoms with Crippen LogP contribution in [-0.2, 0) is 0 Å². The van der Waals surface area contributed by atoms with Gasteiger partial charge in [0.1, 0.15) is 0 Å². The maximum Gasteiger partial charge on any atom is 0.0630 e. The molecule has 0 saturated heterocycles. The minimum atomic E-state index is 0.918. The van der Waals surface area contributed by atoms with Gasteiger partial charge in [0, 0.05) is 36.1 Å². The molecule has 37 heavy (non-hydrogen) atoms. The summed E-state index contributed by atoms with van der Waals surface area (Å²) in [5.74, 6) is 6.78. The van der Waals surface area contributed by atoms with E-state index in [2.05, 4.69) is 114 Å². The lowest BCUT2D eigenvalue weighted by Gasteiger charge is -2.20. The Morgan fingerprint density at radius 1 is 0.649 bits per heavy atom. The number of anilines is 1. The molecule has 0 aromatic heterocycles. The second-order valence-electron chi connectivity index (χ2n) is 9.29. The van der Waals surface area contributed by atoms with Crippen molar-refractivity contribution in [3.8, 4) is 11.8 Å². The molecule has 0 heterocycles. The third-order valence-electron chi connectivity index (χ3n) is 7.12. The van der Waals surface area contributed by atoms with E-state index in [1.807, 2.05) is 30.5 Å². The van der Waals surface area contributed by atoms with Crippen LogP contribution in [0.15, 0.2) is 108 Å². The standard InChI is InChI=1S/C35H28N2/c1-3-37(4-2)32-21-11-26(12-22-32)24-36-31-19-9-25(10-20-31)8-13-27-14-15-30-17-16-28-6-5-7-29-18-23-33(27)35(30)34(28)29/h5-7,9-12,14-24H,3-4H2,1-2H3.